The summed E-state index contributed by atoms with van der Waals surface area (Å²) in [6, 6.07) is 9.56. The lowest BCUT2D eigenvalue weighted by Crippen LogP contribution is -2.24. The number of hydrogen-bond donors (Lipinski definition) is 1. The van der Waals surface area contributed by atoms with Gasteiger partial charge in [-0.25, -0.2) is 0 Å². The Morgan fingerprint density at radius 3 is 2.74 bits per heavy atom. The molecule has 4 nitrogen and oxygen atoms in total. The lowest BCUT2D eigenvalue weighted by atomic mass is 10.1. The fourth-order valence-corrected chi connectivity index (χ4v) is 1.82. The fourth-order valence-electron chi connectivity index (χ4n) is 1.82. The van der Waals surface area contributed by atoms with Crippen LogP contribution in [-0.4, -0.2) is 22.2 Å². The highest BCUT2D eigenvalue weighted by atomic mass is 16.1. The molecule has 0 unspecified atom stereocenters. The van der Waals surface area contributed by atoms with Crippen molar-refractivity contribution in [1.82, 2.24) is 15.1 Å². The number of benzene rings is 1. The highest BCUT2D eigenvalue weighted by Gasteiger charge is 2.04. The van der Waals surface area contributed by atoms with Gasteiger partial charge in [0.2, 0.25) is 0 Å². The molecule has 0 radical (unpaired) electrons. The number of amides is 1. The summed E-state index contributed by atoms with van der Waals surface area (Å²) in [5.74, 6) is -0.000843. The first-order chi connectivity index (χ1) is 9.29. The zero-order chi connectivity index (χ0) is 13.5. The number of carbonyl (C=O) groups is 1. The molecule has 100 valence electrons. The minimum atomic E-state index is -0.000843. The largest absolute Gasteiger partial charge is 0.352 e. The van der Waals surface area contributed by atoms with Crippen LogP contribution in [0.15, 0.2) is 42.7 Å². The van der Waals surface area contributed by atoms with Crippen LogP contribution in [0.2, 0.25) is 0 Å². The van der Waals surface area contributed by atoms with E-state index < -0.39 is 0 Å². The van der Waals surface area contributed by atoms with Crippen LogP contribution >= 0.6 is 0 Å². The molecule has 1 heterocycles. The third-order valence-corrected chi connectivity index (χ3v) is 2.94. The Bertz CT molecular complexity index is 503. The van der Waals surface area contributed by atoms with Crippen LogP contribution in [0.3, 0.4) is 0 Å². The molecule has 0 fully saturated rings. The van der Waals surface area contributed by atoms with Gasteiger partial charge in [0, 0.05) is 24.5 Å². The van der Waals surface area contributed by atoms with Crippen LogP contribution in [0.1, 0.15) is 35.7 Å². The van der Waals surface area contributed by atoms with Gasteiger partial charge >= 0.3 is 0 Å². The van der Waals surface area contributed by atoms with E-state index in [-0.39, 0.29) is 5.91 Å². The van der Waals surface area contributed by atoms with Crippen molar-refractivity contribution in [3.05, 3.63) is 53.9 Å². The number of hydrogen-bond acceptors (Lipinski definition) is 2. The maximum atomic E-state index is 11.8. The van der Waals surface area contributed by atoms with Crippen molar-refractivity contribution in [1.29, 1.82) is 0 Å². The number of nitrogens with one attached hydrogen (secondary N) is 1. The van der Waals surface area contributed by atoms with Gasteiger partial charge in [0.15, 0.2) is 0 Å². The maximum absolute atomic E-state index is 11.8. The van der Waals surface area contributed by atoms with E-state index in [2.05, 4.69) is 17.3 Å². The summed E-state index contributed by atoms with van der Waals surface area (Å²) in [5, 5.41) is 7.06. The molecular formula is C15H19N3O. The number of carbonyl (C=O) groups excluding carboxylic acids is 1. The van der Waals surface area contributed by atoms with Crippen LogP contribution in [0.4, 0.5) is 0 Å². The van der Waals surface area contributed by atoms with Gasteiger partial charge in [-0.05, 0) is 30.2 Å². The van der Waals surface area contributed by atoms with Gasteiger partial charge < -0.3 is 5.32 Å². The molecule has 1 aromatic heterocycles. The zero-order valence-corrected chi connectivity index (χ0v) is 11.2. The summed E-state index contributed by atoms with van der Waals surface area (Å²) in [6.45, 7) is 3.57. The van der Waals surface area contributed by atoms with Crippen LogP contribution < -0.4 is 5.32 Å². The lowest BCUT2D eigenvalue weighted by Gasteiger charge is -2.06. The number of nitrogens with zero attached hydrogens (tertiary/aromatic N) is 2. The summed E-state index contributed by atoms with van der Waals surface area (Å²) >= 11 is 0. The van der Waals surface area contributed by atoms with Gasteiger partial charge in [-0.2, -0.15) is 5.10 Å². The number of unbranched alkanes of at least 4 members (excludes halogenated alkanes) is 1. The molecule has 2 rings (SSSR count). The molecule has 0 spiro atoms. The van der Waals surface area contributed by atoms with Gasteiger partial charge in [-0.3, -0.25) is 9.48 Å². The first-order valence-corrected chi connectivity index (χ1v) is 6.64. The summed E-state index contributed by atoms with van der Waals surface area (Å²) in [6.07, 6.45) is 5.78. The van der Waals surface area contributed by atoms with Crippen LogP contribution in [0.25, 0.3) is 0 Å². The van der Waals surface area contributed by atoms with Gasteiger partial charge in [-0.15, -0.1) is 0 Å². The number of rotatable bonds is 6. The molecule has 0 saturated carbocycles. The van der Waals surface area contributed by atoms with Crippen LogP contribution in [0.5, 0.6) is 0 Å². The van der Waals surface area contributed by atoms with E-state index >= 15 is 0 Å². The molecular weight excluding hydrogens is 238 g/mol. The maximum Gasteiger partial charge on any atom is 0.251 e. The Morgan fingerprint density at radius 2 is 2.11 bits per heavy atom. The van der Waals surface area contributed by atoms with Gasteiger partial charge in [0.05, 0.1) is 6.54 Å². The van der Waals surface area contributed by atoms with Crippen molar-refractivity contribution in [2.24, 2.45) is 0 Å². The van der Waals surface area contributed by atoms with Gasteiger partial charge in [-0.1, -0.05) is 25.5 Å². The second-order valence-electron chi connectivity index (χ2n) is 4.51. The standard InChI is InChI=1S/C15H19N3O/c1-2-3-9-16-15(19)14-7-5-13(6-8-14)12-18-11-4-10-17-18/h4-8,10-11H,2-3,9,12H2,1H3,(H,16,19). The van der Waals surface area contributed by atoms with Crippen molar-refractivity contribution in [2.45, 2.75) is 26.3 Å². The topological polar surface area (TPSA) is 46.9 Å². The van der Waals surface area contributed by atoms with Crippen molar-refractivity contribution in [3.63, 3.8) is 0 Å². The average molecular weight is 257 g/mol. The molecule has 0 aliphatic heterocycles. The summed E-state index contributed by atoms with van der Waals surface area (Å²) < 4.78 is 1.86. The molecule has 2 aromatic rings. The summed E-state index contributed by atoms with van der Waals surface area (Å²) in [5.41, 5.74) is 1.84. The van der Waals surface area contributed by atoms with Crippen molar-refractivity contribution < 1.29 is 4.79 Å². The molecule has 0 aliphatic carbocycles. The van der Waals surface area contributed by atoms with Crippen molar-refractivity contribution >= 4 is 5.91 Å². The van der Waals surface area contributed by atoms with E-state index in [1.54, 1.807) is 6.20 Å². The SMILES string of the molecule is CCCCNC(=O)c1ccc(Cn2cccn2)cc1. The lowest BCUT2D eigenvalue weighted by molar-refractivity contribution is 0.0953. The minimum absolute atomic E-state index is 0.000843. The Hall–Kier alpha value is -2.10. The fraction of sp³-hybridized carbons (Fsp3) is 0.333. The Kier molecular flexibility index (Phi) is 4.72. The molecule has 19 heavy (non-hydrogen) atoms. The van der Waals surface area contributed by atoms with Crippen LogP contribution in [0, 0.1) is 0 Å². The second-order valence-corrected chi connectivity index (χ2v) is 4.51. The third kappa shape index (κ3) is 3.95. The van der Waals surface area contributed by atoms with E-state index in [4.69, 9.17) is 0 Å². The van der Waals surface area contributed by atoms with Crippen molar-refractivity contribution in [3.8, 4) is 0 Å². The van der Waals surface area contributed by atoms with E-state index in [9.17, 15) is 4.79 Å². The normalized spacial score (nSPS) is 10.4. The van der Waals surface area contributed by atoms with Gasteiger partial charge in [0.1, 0.15) is 0 Å². The molecule has 1 aromatic carbocycles. The zero-order valence-electron chi connectivity index (χ0n) is 11.2. The smallest absolute Gasteiger partial charge is 0.251 e. The van der Waals surface area contributed by atoms with Crippen LogP contribution in [-0.2, 0) is 6.54 Å². The van der Waals surface area contributed by atoms with Crippen molar-refractivity contribution in [2.75, 3.05) is 6.54 Å². The molecule has 0 saturated heterocycles. The summed E-state index contributed by atoms with van der Waals surface area (Å²) in [4.78, 5) is 11.8. The van der Waals surface area contributed by atoms with Gasteiger partial charge in [0.25, 0.3) is 5.91 Å². The quantitative estimate of drug-likeness (QED) is 0.808. The Labute approximate surface area is 113 Å². The second kappa shape index (κ2) is 6.73. The third-order valence-electron chi connectivity index (χ3n) is 2.94. The molecule has 1 N–H and O–H groups in total. The van der Waals surface area contributed by atoms with E-state index in [0.29, 0.717) is 5.56 Å². The Morgan fingerprint density at radius 1 is 1.32 bits per heavy atom. The monoisotopic (exact) mass is 257 g/mol. The summed E-state index contributed by atoms with van der Waals surface area (Å²) in [7, 11) is 0. The van der Waals surface area contributed by atoms with E-state index in [1.165, 1.54) is 0 Å². The molecule has 4 heteroatoms. The highest BCUT2D eigenvalue weighted by molar-refractivity contribution is 5.94. The molecule has 0 atom stereocenters. The minimum Gasteiger partial charge on any atom is -0.352 e. The molecule has 0 aliphatic rings. The highest BCUT2D eigenvalue weighted by Crippen LogP contribution is 2.06. The predicted octanol–water partition coefficient (Wildman–Crippen LogP) is 2.46. The number of aromatic nitrogens is 2. The van der Waals surface area contributed by atoms with E-state index in [1.807, 2.05) is 41.2 Å². The first-order valence-electron chi connectivity index (χ1n) is 6.64. The van der Waals surface area contributed by atoms with E-state index in [0.717, 1.165) is 31.5 Å². The average Bonchev–Trinajstić information content (AvgIpc) is 2.93. The Balaban J connectivity index is 1.92. The first kappa shape index (κ1) is 13.3. The molecule has 0 bridgehead atoms. The predicted molar refractivity (Wildman–Crippen MR) is 75.0 cm³/mol. The molecule has 1 amide bonds.